The Morgan fingerprint density at radius 3 is 2.91 bits per heavy atom. The third-order valence-electron chi connectivity index (χ3n) is 6.62. The number of halogens is 1. The molecule has 0 spiro atoms. The summed E-state index contributed by atoms with van der Waals surface area (Å²) in [4.78, 5) is 30.6. The van der Waals surface area contributed by atoms with E-state index in [0.717, 1.165) is 17.6 Å². The number of anilines is 1. The molecule has 5 rings (SSSR count). The second-order valence-electron chi connectivity index (χ2n) is 9.06. The minimum Gasteiger partial charge on any atom is -0.480 e. The van der Waals surface area contributed by atoms with Gasteiger partial charge in [-0.25, -0.2) is 9.37 Å². The lowest BCUT2D eigenvalue weighted by Gasteiger charge is -2.36. The summed E-state index contributed by atoms with van der Waals surface area (Å²) in [7, 11) is 0. The molecule has 3 N–H and O–H groups in total. The first kappa shape index (κ1) is 23.4. The van der Waals surface area contributed by atoms with E-state index in [0.29, 0.717) is 56.2 Å². The minimum atomic E-state index is -0.419. The van der Waals surface area contributed by atoms with Crippen molar-refractivity contribution in [3.05, 3.63) is 64.3 Å². The lowest BCUT2D eigenvalue weighted by Crippen LogP contribution is -2.48. The zero-order valence-electron chi connectivity index (χ0n) is 19.2. The maximum absolute atomic E-state index is 13.8. The first-order chi connectivity index (χ1) is 17.0. The van der Waals surface area contributed by atoms with Crippen LogP contribution in [-0.2, 0) is 17.9 Å². The fourth-order valence-corrected chi connectivity index (χ4v) is 4.72. The van der Waals surface area contributed by atoms with Crippen LogP contribution in [-0.4, -0.2) is 64.4 Å². The lowest BCUT2D eigenvalue weighted by atomic mass is 9.94. The second kappa shape index (κ2) is 10.1. The molecule has 2 aliphatic rings. The Kier molecular flexibility index (Phi) is 6.76. The van der Waals surface area contributed by atoms with Gasteiger partial charge in [0.05, 0.1) is 17.3 Å². The Hall–Kier alpha value is -3.34. The third-order valence-corrected chi connectivity index (χ3v) is 6.62. The monoisotopic (exact) mass is 481 g/mol. The molecule has 2 aromatic heterocycles. The number of nitrogens with one attached hydrogen (secondary N) is 2. The maximum Gasteiger partial charge on any atom is 0.263 e. The SMILES string of the molecule is O=C1COc2ccc(CNC[C@@H]3CN(CCn4c(=O)ccc5ccc(F)cc54)CC[C@@H]3O)nc2N1. The first-order valence-electron chi connectivity index (χ1n) is 11.8. The predicted octanol–water partition coefficient (Wildman–Crippen LogP) is 1.34. The molecule has 10 heteroatoms. The number of nitrogens with zero attached hydrogens (tertiary/aromatic N) is 3. The van der Waals surface area contributed by atoms with E-state index >= 15 is 0 Å². The predicted molar refractivity (Wildman–Crippen MR) is 129 cm³/mol. The number of hydrogen-bond acceptors (Lipinski definition) is 7. The molecular formula is C25H28FN5O4. The average Bonchev–Trinajstić information content (AvgIpc) is 2.85. The van der Waals surface area contributed by atoms with Crippen molar-refractivity contribution >= 4 is 22.6 Å². The summed E-state index contributed by atoms with van der Waals surface area (Å²) < 4.78 is 20.7. The molecule has 1 aromatic carbocycles. The minimum absolute atomic E-state index is 0.00559. The molecule has 184 valence electrons. The van der Waals surface area contributed by atoms with Gasteiger partial charge < -0.3 is 29.9 Å². The van der Waals surface area contributed by atoms with Crippen LogP contribution in [0.25, 0.3) is 10.9 Å². The fraction of sp³-hybridized carbons (Fsp3) is 0.400. The molecule has 2 aliphatic heterocycles. The van der Waals surface area contributed by atoms with Crippen LogP contribution in [0, 0.1) is 11.7 Å². The van der Waals surface area contributed by atoms with Crippen molar-refractivity contribution < 1.29 is 19.0 Å². The number of benzene rings is 1. The topological polar surface area (TPSA) is 109 Å². The van der Waals surface area contributed by atoms with Gasteiger partial charge in [0.2, 0.25) is 0 Å². The van der Waals surface area contributed by atoms with Gasteiger partial charge in [-0.1, -0.05) is 0 Å². The van der Waals surface area contributed by atoms with Crippen LogP contribution < -0.4 is 20.9 Å². The van der Waals surface area contributed by atoms with Crippen LogP contribution in [0.3, 0.4) is 0 Å². The van der Waals surface area contributed by atoms with Crippen molar-refractivity contribution in [3.8, 4) is 5.75 Å². The van der Waals surface area contributed by atoms with Crippen molar-refractivity contribution in [2.24, 2.45) is 5.92 Å². The molecule has 0 saturated carbocycles. The Bertz CT molecular complexity index is 1300. The molecule has 35 heavy (non-hydrogen) atoms. The number of aliphatic hydroxyl groups is 1. The van der Waals surface area contributed by atoms with E-state index in [9.17, 15) is 19.1 Å². The lowest BCUT2D eigenvalue weighted by molar-refractivity contribution is -0.118. The normalized spacial score (nSPS) is 20.3. The quantitative estimate of drug-likeness (QED) is 0.467. The first-order valence-corrected chi connectivity index (χ1v) is 11.8. The fourth-order valence-electron chi connectivity index (χ4n) is 4.72. The van der Waals surface area contributed by atoms with Crippen LogP contribution in [0.15, 0.2) is 47.3 Å². The van der Waals surface area contributed by atoms with E-state index in [4.69, 9.17) is 4.74 Å². The Labute approximate surface area is 201 Å². The summed E-state index contributed by atoms with van der Waals surface area (Å²) in [5.74, 6) is 0.405. The number of rotatable bonds is 7. The van der Waals surface area contributed by atoms with E-state index in [1.807, 2.05) is 6.07 Å². The molecule has 1 fully saturated rings. The van der Waals surface area contributed by atoms with Gasteiger partial charge in [0, 0.05) is 51.3 Å². The molecule has 9 nitrogen and oxygen atoms in total. The summed E-state index contributed by atoms with van der Waals surface area (Å²) in [5.41, 5.74) is 1.20. The largest absolute Gasteiger partial charge is 0.480 e. The molecule has 0 unspecified atom stereocenters. The number of likely N-dealkylation sites (tertiary alicyclic amines) is 1. The molecule has 4 heterocycles. The van der Waals surface area contributed by atoms with Gasteiger partial charge in [-0.15, -0.1) is 0 Å². The summed E-state index contributed by atoms with van der Waals surface area (Å²) in [5, 5.41) is 17.4. The molecular weight excluding hydrogens is 453 g/mol. The number of aliphatic hydroxyl groups excluding tert-OH is 1. The summed E-state index contributed by atoms with van der Waals surface area (Å²) in [6.45, 7) is 3.57. The van der Waals surface area contributed by atoms with Crippen LogP contribution in [0.2, 0.25) is 0 Å². The van der Waals surface area contributed by atoms with E-state index in [1.54, 1.807) is 22.8 Å². The van der Waals surface area contributed by atoms with Crippen LogP contribution >= 0.6 is 0 Å². The van der Waals surface area contributed by atoms with Gasteiger partial charge in [-0.2, -0.15) is 0 Å². The van der Waals surface area contributed by atoms with Crippen molar-refractivity contribution in [1.29, 1.82) is 0 Å². The highest BCUT2D eigenvalue weighted by Crippen LogP contribution is 2.25. The van der Waals surface area contributed by atoms with E-state index in [1.165, 1.54) is 18.2 Å². The van der Waals surface area contributed by atoms with Gasteiger partial charge in [0.15, 0.2) is 18.2 Å². The van der Waals surface area contributed by atoms with Crippen molar-refractivity contribution in [2.45, 2.75) is 25.6 Å². The zero-order chi connectivity index (χ0) is 24.4. The number of amides is 1. The number of aromatic nitrogens is 2. The highest BCUT2D eigenvalue weighted by atomic mass is 19.1. The number of hydrogen-bond donors (Lipinski definition) is 3. The van der Waals surface area contributed by atoms with Crippen LogP contribution in [0.1, 0.15) is 12.1 Å². The molecule has 3 aromatic rings. The van der Waals surface area contributed by atoms with Crippen LogP contribution in [0.5, 0.6) is 5.75 Å². The average molecular weight is 482 g/mol. The summed E-state index contributed by atoms with van der Waals surface area (Å²) in [6, 6.07) is 11.3. The van der Waals surface area contributed by atoms with E-state index in [-0.39, 0.29) is 29.8 Å². The number of carbonyl (C=O) groups is 1. The van der Waals surface area contributed by atoms with Gasteiger partial charge in [-0.05, 0) is 48.2 Å². The summed E-state index contributed by atoms with van der Waals surface area (Å²) >= 11 is 0. The Balaban J connectivity index is 1.17. The number of pyridine rings is 2. The smallest absolute Gasteiger partial charge is 0.263 e. The molecule has 0 aliphatic carbocycles. The van der Waals surface area contributed by atoms with E-state index in [2.05, 4.69) is 20.5 Å². The highest BCUT2D eigenvalue weighted by molar-refractivity contribution is 5.94. The van der Waals surface area contributed by atoms with Crippen molar-refractivity contribution in [2.75, 3.05) is 38.1 Å². The molecule has 1 saturated heterocycles. The van der Waals surface area contributed by atoms with Gasteiger partial charge in [0.25, 0.3) is 11.5 Å². The standard InChI is InChI=1S/C25H28FN5O4/c26-18-3-1-16-2-6-24(34)31(20(16)11-18)10-9-30-8-7-21(32)17(14-30)12-27-13-19-4-5-22-25(28-19)29-23(33)15-35-22/h1-6,11,17,21,27,32H,7-10,12-15H2,(H,28,29,33)/t17-,21+/m1/s1. The number of fused-ring (bicyclic) bond motifs is 2. The summed E-state index contributed by atoms with van der Waals surface area (Å²) in [6.07, 6.45) is 0.226. The van der Waals surface area contributed by atoms with Crippen molar-refractivity contribution in [3.63, 3.8) is 0 Å². The van der Waals surface area contributed by atoms with Gasteiger partial charge in [0.1, 0.15) is 5.82 Å². The molecule has 0 bridgehead atoms. The second-order valence-corrected chi connectivity index (χ2v) is 9.06. The Morgan fingerprint density at radius 2 is 2.03 bits per heavy atom. The third kappa shape index (κ3) is 5.34. The highest BCUT2D eigenvalue weighted by Gasteiger charge is 2.27. The number of carbonyl (C=O) groups excluding carboxylic acids is 1. The number of piperidine rings is 1. The molecule has 1 amide bonds. The Morgan fingerprint density at radius 1 is 1.17 bits per heavy atom. The van der Waals surface area contributed by atoms with Crippen molar-refractivity contribution in [1.82, 2.24) is 19.8 Å². The van der Waals surface area contributed by atoms with Crippen LogP contribution in [0.4, 0.5) is 10.2 Å². The molecule has 0 radical (unpaired) electrons. The van der Waals surface area contributed by atoms with Gasteiger partial charge >= 0.3 is 0 Å². The van der Waals surface area contributed by atoms with Gasteiger partial charge in [-0.3, -0.25) is 9.59 Å². The maximum atomic E-state index is 13.8. The number of ether oxygens (including phenoxy) is 1. The molecule has 2 atom stereocenters. The zero-order valence-corrected chi connectivity index (χ0v) is 19.2. The van der Waals surface area contributed by atoms with E-state index < -0.39 is 6.10 Å².